The third kappa shape index (κ3) is 6.45. The Kier molecular flexibility index (Phi) is 7.84. The molecule has 2 rings (SSSR count). The van der Waals surface area contributed by atoms with Gasteiger partial charge in [0.1, 0.15) is 12.4 Å². The van der Waals surface area contributed by atoms with Crippen LogP contribution in [-0.2, 0) is 4.74 Å². The average molecular weight is 423 g/mol. The topological polar surface area (TPSA) is 59.6 Å². The van der Waals surface area contributed by atoms with Gasteiger partial charge in [0.25, 0.3) is 5.91 Å². The van der Waals surface area contributed by atoms with Gasteiger partial charge in [-0.3, -0.25) is 10.1 Å². The lowest BCUT2D eigenvalue weighted by Gasteiger charge is -2.13. The predicted molar refractivity (Wildman–Crippen MR) is 106 cm³/mol. The number of carbonyl (C=O) groups excluding carboxylic acids is 1. The van der Waals surface area contributed by atoms with E-state index in [0.717, 1.165) is 10.2 Å². The van der Waals surface area contributed by atoms with E-state index < -0.39 is 0 Å². The number of hydrogen-bond donors (Lipinski definition) is 2. The molecular formula is C18H19BrN2O3S. The van der Waals surface area contributed by atoms with Crippen LogP contribution >= 0.6 is 28.1 Å². The zero-order chi connectivity index (χ0) is 18.1. The minimum absolute atomic E-state index is 0.219. The van der Waals surface area contributed by atoms with E-state index in [-0.39, 0.29) is 11.0 Å². The number of halogens is 1. The molecule has 0 aromatic heterocycles. The van der Waals surface area contributed by atoms with Gasteiger partial charge in [-0.1, -0.05) is 28.1 Å². The molecule has 25 heavy (non-hydrogen) atoms. The van der Waals surface area contributed by atoms with Gasteiger partial charge in [0.05, 0.1) is 12.2 Å². The summed E-state index contributed by atoms with van der Waals surface area (Å²) >= 11 is 8.56. The van der Waals surface area contributed by atoms with Crippen molar-refractivity contribution in [2.24, 2.45) is 0 Å². The summed E-state index contributed by atoms with van der Waals surface area (Å²) < 4.78 is 11.8. The molecule has 1 amide bonds. The Morgan fingerprint density at radius 3 is 2.56 bits per heavy atom. The van der Waals surface area contributed by atoms with Crippen molar-refractivity contribution >= 4 is 44.9 Å². The van der Waals surface area contributed by atoms with Crippen molar-refractivity contribution in [3.63, 3.8) is 0 Å². The number of carbonyl (C=O) groups is 1. The standard InChI is InChI=1S/C18H19BrN2O3S/c1-2-23-11-12-24-16-6-4-3-5-15(16)17(22)21-18(25)20-14-9-7-13(19)8-10-14/h3-10H,2,11-12H2,1H3,(H2,20,21,22,25). The molecule has 0 unspecified atom stereocenters. The van der Waals surface area contributed by atoms with Gasteiger partial charge in [-0.25, -0.2) is 0 Å². The fourth-order valence-corrected chi connectivity index (χ4v) is 2.48. The average Bonchev–Trinajstić information content (AvgIpc) is 2.61. The Bertz CT molecular complexity index is 723. The highest BCUT2D eigenvalue weighted by Crippen LogP contribution is 2.18. The normalized spacial score (nSPS) is 10.2. The molecular weight excluding hydrogens is 404 g/mol. The van der Waals surface area contributed by atoms with Crippen molar-refractivity contribution in [1.29, 1.82) is 0 Å². The monoisotopic (exact) mass is 422 g/mol. The van der Waals surface area contributed by atoms with E-state index in [1.54, 1.807) is 18.2 Å². The highest BCUT2D eigenvalue weighted by Gasteiger charge is 2.13. The van der Waals surface area contributed by atoms with E-state index in [2.05, 4.69) is 26.6 Å². The second-order valence-electron chi connectivity index (χ2n) is 4.96. The van der Waals surface area contributed by atoms with Crippen LogP contribution in [0.2, 0.25) is 0 Å². The number of anilines is 1. The fraction of sp³-hybridized carbons (Fsp3) is 0.222. The summed E-state index contributed by atoms with van der Waals surface area (Å²) in [7, 11) is 0. The van der Waals surface area contributed by atoms with Crippen molar-refractivity contribution in [1.82, 2.24) is 5.32 Å². The molecule has 0 aliphatic rings. The van der Waals surface area contributed by atoms with Gasteiger partial charge in [-0.2, -0.15) is 0 Å². The first-order valence-corrected chi connectivity index (χ1v) is 8.97. The van der Waals surface area contributed by atoms with Gasteiger partial charge < -0.3 is 14.8 Å². The van der Waals surface area contributed by atoms with Crippen LogP contribution in [0.5, 0.6) is 5.75 Å². The van der Waals surface area contributed by atoms with Crippen molar-refractivity contribution in [2.45, 2.75) is 6.92 Å². The number of ether oxygens (including phenoxy) is 2. The van der Waals surface area contributed by atoms with Crippen LogP contribution in [0, 0.1) is 0 Å². The number of nitrogens with one attached hydrogen (secondary N) is 2. The Morgan fingerprint density at radius 2 is 1.84 bits per heavy atom. The van der Waals surface area contributed by atoms with Gasteiger partial charge in [0.2, 0.25) is 0 Å². The number of hydrogen-bond acceptors (Lipinski definition) is 4. The number of rotatable bonds is 7. The summed E-state index contributed by atoms with van der Waals surface area (Å²) in [5.74, 6) is 0.160. The van der Waals surface area contributed by atoms with Gasteiger partial charge in [-0.05, 0) is 55.5 Å². The second-order valence-corrected chi connectivity index (χ2v) is 6.28. The summed E-state index contributed by atoms with van der Waals surface area (Å²) in [5.41, 5.74) is 1.20. The zero-order valence-corrected chi connectivity index (χ0v) is 16.2. The molecule has 0 fully saturated rings. The summed E-state index contributed by atoms with van der Waals surface area (Å²) in [6, 6.07) is 14.5. The zero-order valence-electron chi connectivity index (χ0n) is 13.8. The van der Waals surface area contributed by atoms with Gasteiger partial charge in [0, 0.05) is 16.8 Å². The molecule has 7 heteroatoms. The van der Waals surface area contributed by atoms with Crippen LogP contribution in [0.25, 0.3) is 0 Å². The lowest BCUT2D eigenvalue weighted by molar-refractivity contribution is 0.0958. The van der Waals surface area contributed by atoms with Crippen LogP contribution < -0.4 is 15.4 Å². The van der Waals surface area contributed by atoms with Crippen molar-refractivity contribution < 1.29 is 14.3 Å². The maximum Gasteiger partial charge on any atom is 0.261 e. The Morgan fingerprint density at radius 1 is 1.12 bits per heavy atom. The molecule has 0 saturated carbocycles. The lowest BCUT2D eigenvalue weighted by Crippen LogP contribution is -2.34. The first-order chi connectivity index (χ1) is 12.1. The molecule has 0 heterocycles. The summed E-state index contributed by atoms with van der Waals surface area (Å²) in [4.78, 5) is 12.5. The second kappa shape index (κ2) is 10.1. The predicted octanol–water partition coefficient (Wildman–Crippen LogP) is 3.99. The number of benzene rings is 2. The smallest absolute Gasteiger partial charge is 0.261 e. The van der Waals surface area contributed by atoms with Gasteiger partial charge in [0.15, 0.2) is 5.11 Å². The fourth-order valence-electron chi connectivity index (χ4n) is 2.00. The van der Waals surface area contributed by atoms with Crippen molar-refractivity contribution in [2.75, 3.05) is 25.1 Å². The molecule has 0 atom stereocenters. The number of amides is 1. The largest absolute Gasteiger partial charge is 0.490 e. The third-order valence-electron chi connectivity index (χ3n) is 3.15. The van der Waals surface area contributed by atoms with Crippen LogP contribution in [0.15, 0.2) is 53.0 Å². The maximum absolute atomic E-state index is 12.5. The Labute approximate surface area is 160 Å². The molecule has 0 spiro atoms. The van der Waals surface area contributed by atoms with Crippen LogP contribution in [0.4, 0.5) is 5.69 Å². The first-order valence-electron chi connectivity index (χ1n) is 7.77. The van der Waals surface area contributed by atoms with E-state index in [4.69, 9.17) is 21.7 Å². The summed E-state index contributed by atoms with van der Waals surface area (Å²) in [6.07, 6.45) is 0. The molecule has 2 N–H and O–H groups in total. The molecule has 0 aliphatic heterocycles. The van der Waals surface area contributed by atoms with Crippen LogP contribution in [0.3, 0.4) is 0 Å². The van der Waals surface area contributed by atoms with Gasteiger partial charge >= 0.3 is 0 Å². The molecule has 0 radical (unpaired) electrons. The molecule has 0 aliphatic carbocycles. The molecule has 0 bridgehead atoms. The van der Waals surface area contributed by atoms with E-state index in [1.807, 2.05) is 37.3 Å². The molecule has 2 aromatic carbocycles. The number of para-hydroxylation sites is 1. The SMILES string of the molecule is CCOCCOc1ccccc1C(=O)NC(=S)Nc1ccc(Br)cc1. The van der Waals surface area contributed by atoms with Gasteiger partial charge in [-0.15, -0.1) is 0 Å². The summed E-state index contributed by atoms with van der Waals surface area (Å²) in [6.45, 7) is 3.39. The van der Waals surface area contributed by atoms with Crippen molar-refractivity contribution in [3.8, 4) is 5.75 Å². The number of thiocarbonyl (C=S) groups is 1. The minimum atomic E-state index is -0.332. The Balaban J connectivity index is 1.95. The molecule has 0 saturated heterocycles. The maximum atomic E-state index is 12.5. The van der Waals surface area contributed by atoms with E-state index in [1.165, 1.54) is 0 Å². The van der Waals surface area contributed by atoms with E-state index >= 15 is 0 Å². The van der Waals surface area contributed by atoms with Crippen LogP contribution in [0.1, 0.15) is 17.3 Å². The quantitative estimate of drug-likeness (QED) is 0.521. The lowest BCUT2D eigenvalue weighted by atomic mass is 10.2. The first kappa shape index (κ1) is 19.4. The highest BCUT2D eigenvalue weighted by molar-refractivity contribution is 9.10. The van der Waals surface area contributed by atoms with Crippen LogP contribution in [-0.4, -0.2) is 30.8 Å². The Hall–Kier alpha value is -1.96. The highest BCUT2D eigenvalue weighted by atomic mass is 79.9. The van der Waals surface area contributed by atoms with Crippen molar-refractivity contribution in [3.05, 3.63) is 58.6 Å². The van der Waals surface area contributed by atoms with E-state index in [9.17, 15) is 4.79 Å². The molecule has 132 valence electrons. The molecule has 2 aromatic rings. The summed E-state index contributed by atoms with van der Waals surface area (Å²) in [5, 5.41) is 5.85. The molecule has 5 nitrogen and oxygen atoms in total. The minimum Gasteiger partial charge on any atom is -0.490 e. The van der Waals surface area contributed by atoms with E-state index in [0.29, 0.717) is 31.1 Å². The third-order valence-corrected chi connectivity index (χ3v) is 3.88.